The van der Waals surface area contributed by atoms with Crippen molar-refractivity contribution < 1.29 is 9.84 Å². The van der Waals surface area contributed by atoms with Crippen LogP contribution in [0.4, 0.5) is 0 Å². The molecule has 1 rings (SSSR count). The highest BCUT2D eigenvalue weighted by Crippen LogP contribution is 2.02. The quantitative estimate of drug-likeness (QED) is 0.534. The second-order valence-electron chi connectivity index (χ2n) is 2.90. The molecule has 0 spiro atoms. The van der Waals surface area contributed by atoms with Crippen LogP contribution in [-0.4, -0.2) is 36.5 Å². The van der Waals surface area contributed by atoms with Crippen molar-refractivity contribution in [2.75, 3.05) is 13.2 Å². The first-order valence-electron chi connectivity index (χ1n) is 3.73. The molecule has 1 aliphatic heterocycles. The summed E-state index contributed by atoms with van der Waals surface area (Å²) in [5.74, 6) is 0. The summed E-state index contributed by atoms with van der Waals surface area (Å²) in [5.41, 5.74) is 0. The van der Waals surface area contributed by atoms with Gasteiger partial charge in [0.1, 0.15) is 0 Å². The molecule has 2 N–H and O–H groups in total. The van der Waals surface area contributed by atoms with Crippen molar-refractivity contribution in [3.05, 3.63) is 0 Å². The first kappa shape index (κ1) is 7.98. The number of aliphatic hydroxyl groups is 1. The Balaban J connectivity index is 2.26. The predicted octanol–water partition coefficient (Wildman–Crippen LogP) is -0.256. The van der Waals surface area contributed by atoms with Crippen molar-refractivity contribution in [2.45, 2.75) is 32.1 Å². The minimum atomic E-state index is -0.313. The second kappa shape index (κ2) is 3.32. The molecule has 0 amide bonds. The molecular formula is C7H15NO2. The molecule has 1 heterocycles. The van der Waals surface area contributed by atoms with Crippen LogP contribution in [0.1, 0.15) is 13.8 Å². The van der Waals surface area contributed by atoms with Crippen LogP contribution in [0.5, 0.6) is 0 Å². The highest BCUT2D eigenvalue weighted by molar-refractivity contribution is 4.77. The fourth-order valence-corrected chi connectivity index (χ4v) is 1.01. The van der Waals surface area contributed by atoms with Crippen LogP contribution >= 0.6 is 0 Å². The van der Waals surface area contributed by atoms with E-state index in [1.54, 1.807) is 6.92 Å². The third kappa shape index (κ3) is 1.94. The lowest BCUT2D eigenvalue weighted by atomic mass is 10.1. The summed E-state index contributed by atoms with van der Waals surface area (Å²) in [6.45, 7) is 5.26. The van der Waals surface area contributed by atoms with Crippen molar-refractivity contribution in [3.63, 3.8) is 0 Å². The summed E-state index contributed by atoms with van der Waals surface area (Å²) in [6.07, 6.45) is -0.0255. The fraction of sp³-hybridized carbons (Fsp3) is 1.00. The number of ether oxygens (including phenoxy) is 1. The third-order valence-corrected chi connectivity index (χ3v) is 1.81. The molecule has 0 bridgehead atoms. The molecule has 3 atom stereocenters. The molecule has 0 radical (unpaired) electrons. The molecule has 1 aliphatic rings. The van der Waals surface area contributed by atoms with Crippen LogP contribution in [0.25, 0.3) is 0 Å². The molecule has 0 aromatic rings. The van der Waals surface area contributed by atoms with E-state index in [1.807, 2.05) is 6.92 Å². The Morgan fingerprint density at radius 3 is 2.80 bits per heavy atom. The minimum Gasteiger partial charge on any atom is -0.392 e. The Labute approximate surface area is 61.4 Å². The topological polar surface area (TPSA) is 41.5 Å². The van der Waals surface area contributed by atoms with E-state index in [1.165, 1.54) is 0 Å². The molecule has 60 valence electrons. The van der Waals surface area contributed by atoms with Crippen LogP contribution < -0.4 is 5.32 Å². The molecule has 1 unspecified atom stereocenters. The zero-order valence-corrected chi connectivity index (χ0v) is 6.50. The van der Waals surface area contributed by atoms with Crippen LogP contribution in [0.2, 0.25) is 0 Å². The summed E-state index contributed by atoms with van der Waals surface area (Å²) in [4.78, 5) is 0. The Hall–Kier alpha value is -0.120. The van der Waals surface area contributed by atoms with Gasteiger partial charge in [-0.3, -0.25) is 0 Å². The Kier molecular flexibility index (Phi) is 2.65. The summed E-state index contributed by atoms with van der Waals surface area (Å²) in [6, 6.07) is 0.121. The van der Waals surface area contributed by atoms with E-state index in [0.29, 0.717) is 6.61 Å². The highest BCUT2D eigenvalue weighted by Gasteiger charge is 2.20. The number of morpholine rings is 1. The Morgan fingerprint density at radius 2 is 2.40 bits per heavy atom. The van der Waals surface area contributed by atoms with Gasteiger partial charge in [-0.25, -0.2) is 0 Å². The summed E-state index contributed by atoms with van der Waals surface area (Å²) in [7, 11) is 0. The van der Waals surface area contributed by atoms with Gasteiger partial charge in [-0.1, -0.05) is 0 Å². The third-order valence-electron chi connectivity index (χ3n) is 1.81. The second-order valence-corrected chi connectivity index (χ2v) is 2.90. The van der Waals surface area contributed by atoms with Gasteiger partial charge in [0, 0.05) is 6.54 Å². The van der Waals surface area contributed by atoms with Crippen LogP contribution in [-0.2, 0) is 4.74 Å². The number of rotatable bonds is 1. The van der Waals surface area contributed by atoms with E-state index in [9.17, 15) is 0 Å². The van der Waals surface area contributed by atoms with Gasteiger partial charge in [-0.2, -0.15) is 0 Å². The van der Waals surface area contributed by atoms with E-state index in [0.717, 1.165) is 6.54 Å². The van der Waals surface area contributed by atoms with Gasteiger partial charge in [0.05, 0.1) is 24.9 Å². The van der Waals surface area contributed by atoms with E-state index < -0.39 is 0 Å². The zero-order chi connectivity index (χ0) is 7.56. The maximum absolute atomic E-state index is 9.12. The SMILES string of the molecule is CC1CN[C@@H]([C@@H](C)O)CO1. The van der Waals surface area contributed by atoms with Crippen molar-refractivity contribution in [3.8, 4) is 0 Å². The largest absolute Gasteiger partial charge is 0.392 e. The number of nitrogens with one attached hydrogen (secondary N) is 1. The Morgan fingerprint density at radius 1 is 1.70 bits per heavy atom. The van der Waals surface area contributed by atoms with Crippen molar-refractivity contribution in [1.82, 2.24) is 5.32 Å². The first-order valence-corrected chi connectivity index (χ1v) is 3.73. The predicted molar refractivity (Wildman–Crippen MR) is 38.9 cm³/mol. The zero-order valence-electron chi connectivity index (χ0n) is 6.50. The molecule has 0 aromatic heterocycles. The van der Waals surface area contributed by atoms with Crippen molar-refractivity contribution in [1.29, 1.82) is 0 Å². The first-order chi connectivity index (χ1) is 4.70. The lowest BCUT2D eigenvalue weighted by molar-refractivity contribution is -0.0176. The lowest BCUT2D eigenvalue weighted by Gasteiger charge is -2.29. The van der Waals surface area contributed by atoms with E-state index in [2.05, 4.69) is 5.32 Å². The molecule has 1 fully saturated rings. The summed E-state index contributed by atoms with van der Waals surface area (Å²) in [5, 5.41) is 12.3. The van der Waals surface area contributed by atoms with Crippen LogP contribution in [0.15, 0.2) is 0 Å². The highest BCUT2D eigenvalue weighted by atomic mass is 16.5. The lowest BCUT2D eigenvalue weighted by Crippen LogP contribution is -2.50. The van der Waals surface area contributed by atoms with Gasteiger partial charge in [0.15, 0.2) is 0 Å². The Bertz CT molecular complexity index is 97.8. The van der Waals surface area contributed by atoms with E-state index in [4.69, 9.17) is 9.84 Å². The fourth-order valence-electron chi connectivity index (χ4n) is 1.01. The average molecular weight is 145 g/mol. The number of hydrogen-bond acceptors (Lipinski definition) is 3. The van der Waals surface area contributed by atoms with Gasteiger partial charge >= 0.3 is 0 Å². The number of hydrogen-bond donors (Lipinski definition) is 2. The molecule has 1 saturated heterocycles. The van der Waals surface area contributed by atoms with E-state index in [-0.39, 0.29) is 18.2 Å². The molecule has 3 nitrogen and oxygen atoms in total. The average Bonchev–Trinajstić information content (AvgIpc) is 1.88. The summed E-state index contributed by atoms with van der Waals surface area (Å²) >= 11 is 0. The molecular weight excluding hydrogens is 130 g/mol. The molecule has 10 heavy (non-hydrogen) atoms. The van der Waals surface area contributed by atoms with Crippen molar-refractivity contribution >= 4 is 0 Å². The maximum Gasteiger partial charge on any atom is 0.0687 e. The standard InChI is InChI=1S/C7H15NO2/c1-5-3-8-7(4-10-5)6(2)9/h5-9H,3-4H2,1-2H3/t5?,6-,7-/m1/s1. The smallest absolute Gasteiger partial charge is 0.0687 e. The van der Waals surface area contributed by atoms with Gasteiger partial charge < -0.3 is 15.2 Å². The molecule has 3 heteroatoms. The van der Waals surface area contributed by atoms with Gasteiger partial charge in [-0.15, -0.1) is 0 Å². The normalized spacial score (nSPS) is 37.5. The van der Waals surface area contributed by atoms with Gasteiger partial charge in [-0.05, 0) is 13.8 Å². The van der Waals surface area contributed by atoms with Crippen molar-refractivity contribution in [2.24, 2.45) is 0 Å². The van der Waals surface area contributed by atoms with Gasteiger partial charge in [0.2, 0.25) is 0 Å². The maximum atomic E-state index is 9.12. The molecule has 0 saturated carbocycles. The summed E-state index contributed by atoms with van der Waals surface area (Å²) < 4.78 is 5.33. The molecule has 0 aliphatic carbocycles. The molecule has 0 aromatic carbocycles. The van der Waals surface area contributed by atoms with Crippen LogP contribution in [0.3, 0.4) is 0 Å². The number of aliphatic hydroxyl groups excluding tert-OH is 1. The monoisotopic (exact) mass is 145 g/mol. The van der Waals surface area contributed by atoms with Crippen LogP contribution in [0, 0.1) is 0 Å². The van der Waals surface area contributed by atoms with E-state index >= 15 is 0 Å². The van der Waals surface area contributed by atoms with Gasteiger partial charge in [0.25, 0.3) is 0 Å². The minimum absolute atomic E-state index is 0.121.